The SMILES string of the molecule is O=C(c1ccc([N+](=O)[O-])cc1)N1CCN(S(=O)(=O)c2ccccc2C(F)(F)F)CC1. The van der Waals surface area contributed by atoms with Crippen LogP contribution in [0.3, 0.4) is 0 Å². The zero-order valence-electron chi connectivity index (χ0n) is 15.4. The molecule has 1 saturated heterocycles. The molecule has 1 aliphatic heterocycles. The van der Waals surface area contributed by atoms with Crippen LogP contribution < -0.4 is 0 Å². The van der Waals surface area contributed by atoms with Gasteiger partial charge in [-0.1, -0.05) is 12.1 Å². The first kappa shape index (κ1) is 21.7. The second kappa shape index (κ2) is 8.03. The number of non-ortho nitro benzene ring substituents is 1. The topological polar surface area (TPSA) is 101 Å². The predicted octanol–water partition coefficient (Wildman–Crippen LogP) is 2.76. The summed E-state index contributed by atoms with van der Waals surface area (Å²) in [5, 5.41) is 10.7. The largest absolute Gasteiger partial charge is 0.417 e. The van der Waals surface area contributed by atoms with Crippen molar-refractivity contribution >= 4 is 21.6 Å². The number of halogens is 3. The number of sulfonamides is 1. The maximum atomic E-state index is 13.2. The summed E-state index contributed by atoms with van der Waals surface area (Å²) in [5.74, 6) is -0.447. The second-order valence-electron chi connectivity index (χ2n) is 6.49. The molecular weight excluding hydrogens is 427 g/mol. The quantitative estimate of drug-likeness (QED) is 0.534. The molecule has 1 fully saturated rings. The van der Waals surface area contributed by atoms with Gasteiger partial charge in [-0.05, 0) is 24.3 Å². The molecule has 0 radical (unpaired) electrons. The molecule has 0 aliphatic carbocycles. The van der Waals surface area contributed by atoms with E-state index >= 15 is 0 Å². The van der Waals surface area contributed by atoms with E-state index in [2.05, 4.69) is 0 Å². The van der Waals surface area contributed by atoms with Crippen LogP contribution in [0.25, 0.3) is 0 Å². The van der Waals surface area contributed by atoms with E-state index in [1.54, 1.807) is 0 Å². The molecule has 0 saturated carbocycles. The van der Waals surface area contributed by atoms with Crippen LogP contribution >= 0.6 is 0 Å². The van der Waals surface area contributed by atoms with E-state index < -0.39 is 37.5 Å². The lowest BCUT2D eigenvalue weighted by molar-refractivity contribution is -0.384. The molecule has 3 rings (SSSR count). The highest BCUT2D eigenvalue weighted by molar-refractivity contribution is 7.89. The maximum absolute atomic E-state index is 13.2. The molecule has 2 aromatic rings. The smallest absolute Gasteiger partial charge is 0.336 e. The Kier molecular flexibility index (Phi) is 5.81. The number of amides is 1. The van der Waals surface area contributed by atoms with E-state index in [-0.39, 0.29) is 37.4 Å². The maximum Gasteiger partial charge on any atom is 0.417 e. The van der Waals surface area contributed by atoms with Gasteiger partial charge in [-0.25, -0.2) is 8.42 Å². The van der Waals surface area contributed by atoms with Crippen molar-refractivity contribution in [1.29, 1.82) is 0 Å². The lowest BCUT2D eigenvalue weighted by atomic mass is 10.1. The molecule has 0 atom stereocenters. The molecule has 30 heavy (non-hydrogen) atoms. The van der Waals surface area contributed by atoms with Crippen molar-refractivity contribution in [2.45, 2.75) is 11.1 Å². The fraction of sp³-hybridized carbons (Fsp3) is 0.278. The number of rotatable bonds is 4. The molecule has 0 aromatic heterocycles. The first-order chi connectivity index (χ1) is 14.0. The first-order valence-corrected chi connectivity index (χ1v) is 10.2. The highest BCUT2D eigenvalue weighted by Gasteiger charge is 2.39. The Morgan fingerprint density at radius 1 is 0.967 bits per heavy atom. The van der Waals surface area contributed by atoms with Crippen LogP contribution in [0, 0.1) is 10.1 Å². The van der Waals surface area contributed by atoms with Crippen LogP contribution in [-0.4, -0.2) is 54.6 Å². The number of nitro groups is 1. The summed E-state index contributed by atoms with van der Waals surface area (Å²) in [5.41, 5.74) is -1.22. The lowest BCUT2D eigenvalue weighted by Crippen LogP contribution is -2.50. The van der Waals surface area contributed by atoms with Crippen LogP contribution in [-0.2, 0) is 16.2 Å². The van der Waals surface area contributed by atoms with Crippen molar-refractivity contribution in [3.63, 3.8) is 0 Å². The fourth-order valence-corrected chi connectivity index (χ4v) is 4.74. The van der Waals surface area contributed by atoms with Crippen molar-refractivity contribution in [3.05, 3.63) is 69.8 Å². The van der Waals surface area contributed by atoms with Gasteiger partial charge in [0.15, 0.2) is 0 Å². The van der Waals surface area contributed by atoms with Gasteiger partial charge in [-0.15, -0.1) is 0 Å². The standard InChI is InChI=1S/C18H16F3N3O5S/c19-18(20,21)15-3-1-2-4-16(15)30(28,29)23-11-9-22(10-12-23)17(25)13-5-7-14(8-6-13)24(26)27/h1-8H,9-12H2. The van der Waals surface area contributed by atoms with Gasteiger partial charge in [0.25, 0.3) is 11.6 Å². The second-order valence-corrected chi connectivity index (χ2v) is 8.40. The van der Waals surface area contributed by atoms with Crippen molar-refractivity contribution in [2.24, 2.45) is 0 Å². The van der Waals surface area contributed by atoms with Gasteiger partial charge in [0, 0.05) is 43.9 Å². The number of hydrogen-bond donors (Lipinski definition) is 0. The Bertz CT molecular complexity index is 1060. The van der Waals surface area contributed by atoms with Crippen LogP contribution in [0.2, 0.25) is 0 Å². The molecule has 1 heterocycles. The minimum absolute atomic E-state index is 0.0246. The van der Waals surface area contributed by atoms with Gasteiger partial charge in [-0.3, -0.25) is 14.9 Å². The van der Waals surface area contributed by atoms with Crippen LogP contribution in [0.4, 0.5) is 18.9 Å². The molecule has 0 spiro atoms. The Morgan fingerprint density at radius 3 is 2.07 bits per heavy atom. The summed E-state index contributed by atoms with van der Waals surface area (Å²) >= 11 is 0. The highest BCUT2D eigenvalue weighted by Crippen LogP contribution is 2.35. The first-order valence-electron chi connectivity index (χ1n) is 8.72. The zero-order chi connectivity index (χ0) is 22.1. The van der Waals surface area contributed by atoms with Gasteiger partial charge in [0.05, 0.1) is 15.4 Å². The van der Waals surface area contributed by atoms with Crippen molar-refractivity contribution in [2.75, 3.05) is 26.2 Å². The average Bonchev–Trinajstić information content (AvgIpc) is 2.73. The normalized spacial score (nSPS) is 15.8. The van der Waals surface area contributed by atoms with Gasteiger partial charge in [0.1, 0.15) is 0 Å². The molecule has 1 amide bonds. The average molecular weight is 443 g/mol. The molecule has 0 bridgehead atoms. The van der Waals surface area contributed by atoms with Gasteiger partial charge in [0.2, 0.25) is 10.0 Å². The third-order valence-corrected chi connectivity index (χ3v) is 6.62. The molecule has 2 aromatic carbocycles. The highest BCUT2D eigenvalue weighted by atomic mass is 32.2. The minimum Gasteiger partial charge on any atom is -0.336 e. The Labute approximate surface area is 169 Å². The molecule has 0 unspecified atom stereocenters. The van der Waals surface area contributed by atoms with Crippen molar-refractivity contribution < 1.29 is 31.3 Å². The summed E-state index contributed by atoms with van der Waals surface area (Å²) in [7, 11) is -4.40. The van der Waals surface area contributed by atoms with E-state index in [1.165, 1.54) is 35.2 Å². The summed E-state index contributed by atoms with van der Waals surface area (Å²) in [6, 6.07) is 8.91. The number of benzene rings is 2. The molecule has 12 heteroatoms. The molecule has 160 valence electrons. The van der Waals surface area contributed by atoms with E-state index in [0.29, 0.717) is 6.07 Å². The number of nitrogens with zero attached hydrogens (tertiary/aromatic N) is 3. The number of carbonyl (C=O) groups is 1. The molecule has 8 nitrogen and oxygen atoms in total. The Balaban J connectivity index is 1.74. The summed E-state index contributed by atoms with van der Waals surface area (Å²) in [6.07, 6.45) is -4.82. The monoisotopic (exact) mass is 443 g/mol. The Hall–Kier alpha value is -2.99. The van der Waals surface area contributed by atoms with Gasteiger partial charge in [-0.2, -0.15) is 17.5 Å². The van der Waals surface area contributed by atoms with Gasteiger partial charge >= 0.3 is 6.18 Å². The number of hydrogen-bond acceptors (Lipinski definition) is 5. The van der Waals surface area contributed by atoms with Gasteiger partial charge < -0.3 is 4.90 Å². The van der Waals surface area contributed by atoms with Crippen LogP contribution in [0.1, 0.15) is 15.9 Å². The summed E-state index contributed by atoms with van der Waals surface area (Å²) in [4.78, 5) is 23.1. The number of alkyl halides is 3. The van der Waals surface area contributed by atoms with E-state index in [0.717, 1.165) is 16.4 Å². The Morgan fingerprint density at radius 2 is 1.53 bits per heavy atom. The molecular formula is C18H16F3N3O5S. The zero-order valence-corrected chi connectivity index (χ0v) is 16.2. The van der Waals surface area contributed by atoms with Crippen LogP contribution in [0.5, 0.6) is 0 Å². The third kappa shape index (κ3) is 4.28. The third-order valence-electron chi connectivity index (χ3n) is 4.66. The number of carbonyl (C=O) groups excluding carboxylic acids is 1. The van der Waals surface area contributed by atoms with E-state index in [9.17, 15) is 36.5 Å². The molecule has 1 aliphatic rings. The lowest BCUT2D eigenvalue weighted by Gasteiger charge is -2.34. The summed E-state index contributed by atoms with van der Waals surface area (Å²) in [6.45, 7) is -0.396. The van der Waals surface area contributed by atoms with Crippen LogP contribution in [0.15, 0.2) is 53.4 Å². The minimum atomic E-state index is -4.82. The number of piperazine rings is 1. The van der Waals surface area contributed by atoms with Crippen molar-refractivity contribution in [1.82, 2.24) is 9.21 Å². The fourth-order valence-electron chi connectivity index (χ4n) is 3.10. The molecule has 0 N–H and O–H groups in total. The number of nitro benzene ring substituents is 1. The predicted molar refractivity (Wildman–Crippen MR) is 99.2 cm³/mol. The van der Waals surface area contributed by atoms with E-state index in [4.69, 9.17) is 0 Å². The van der Waals surface area contributed by atoms with Crippen molar-refractivity contribution in [3.8, 4) is 0 Å². The van der Waals surface area contributed by atoms with E-state index in [1.807, 2.05) is 0 Å². The summed E-state index contributed by atoms with van der Waals surface area (Å²) < 4.78 is 66.0.